The van der Waals surface area contributed by atoms with Crippen molar-refractivity contribution in [1.29, 1.82) is 0 Å². The van der Waals surface area contributed by atoms with Crippen molar-refractivity contribution >= 4 is 11.4 Å². The number of methoxy groups -OCH3 is 2. The summed E-state index contributed by atoms with van der Waals surface area (Å²) in [6.45, 7) is 4.18. The zero-order valence-electron chi connectivity index (χ0n) is 13.2. The molecule has 2 aromatic carbocycles. The molecule has 1 heterocycles. The zero-order valence-corrected chi connectivity index (χ0v) is 13.2. The van der Waals surface area contributed by atoms with Crippen LogP contribution in [0.4, 0.5) is 5.69 Å². The summed E-state index contributed by atoms with van der Waals surface area (Å²) in [6.07, 6.45) is 0.778. The standard InChI is InChI=1S/C18H19NO3/c1-10-5-6-11(2)17-13(10)9-14(19-17)12-7-15(21-3)18(20)16(8-12)22-4/h5-8,20H,9H2,1-4H3. The van der Waals surface area contributed by atoms with Crippen LogP contribution in [0.2, 0.25) is 0 Å². The molecule has 0 aliphatic carbocycles. The van der Waals surface area contributed by atoms with E-state index < -0.39 is 0 Å². The Balaban J connectivity index is 2.09. The minimum atomic E-state index is 0.0113. The number of fused-ring (bicyclic) bond motifs is 1. The topological polar surface area (TPSA) is 51.0 Å². The highest BCUT2D eigenvalue weighted by molar-refractivity contribution is 6.07. The van der Waals surface area contributed by atoms with E-state index in [1.807, 2.05) is 0 Å². The quantitative estimate of drug-likeness (QED) is 0.939. The van der Waals surface area contributed by atoms with Crippen LogP contribution in [0.1, 0.15) is 22.3 Å². The van der Waals surface area contributed by atoms with Gasteiger partial charge in [0.05, 0.1) is 25.6 Å². The molecule has 0 aromatic heterocycles. The van der Waals surface area contributed by atoms with Crippen LogP contribution in [0.15, 0.2) is 29.3 Å². The fourth-order valence-corrected chi connectivity index (χ4v) is 2.80. The Labute approximate surface area is 130 Å². The summed E-state index contributed by atoms with van der Waals surface area (Å²) in [6, 6.07) is 7.82. The summed E-state index contributed by atoms with van der Waals surface area (Å²) in [7, 11) is 3.05. The van der Waals surface area contributed by atoms with E-state index in [0.717, 1.165) is 23.4 Å². The molecule has 0 amide bonds. The van der Waals surface area contributed by atoms with E-state index in [4.69, 9.17) is 14.5 Å². The van der Waals surface area contributed by atoms with Gasteiger partial charge >= 0.3 is 0 Å². The lowest BCUT2D eigenvalue weighted by Gasteiger charge is -2.11. The van der Waals surface area contributed by atoms with Gasteiger partial charge in [-0.05, 0) is 42.7 Å². The van der Waals surface area contributed by atoms with Crippen molar-refractivity contribution in [3.63, 3.8) is 0 Å². The van der Waals surface area contributed by atoms with Gasteiger partial charge in [-0.3, -0.25) is 4.99 Å². The Morgan fingerprint density at radius 1 is 1.00 bits per heavy atom. The fourth-order valence-electron chi connectivity index (χ4n) is 2.80. The molecule has 0 bridgehead atoms. The molecule has 1 N–H and O–H groups in total. The maximum atomic E-state index is 10.0. The Morgan fingerprint density at radius 2 is 1.59 bits per heavy atom. The third-order valence-electron chi connectivity index (χ3n) is 4.12. The van der Waals surface area contributed by atoms with Crippen molar-refractivity contribution in [3.05, 3.63) is 46.5 Å². The summed E-state index contributed by atoms with van der Waals surface area (Å²) in [5.41, 5.74) is 6.61. The van der Waals surface area contributed by atoms with Gasteiger partial charge in [-0.25, -0.2) is 0 Å². The summed E-state index contributed by atoms with van der Waals surface area (Å²) in [5.74, 6) is 0.792. The Morgan fingerprint density at radius 3 is 2.14 bits per heavy atom. The SMILES string of the molecule is COc1cc(C2=Nc3c(C)ccc(C)c3C2)cc(OC)c1O. The molecule has 0 fully saturated rings. The van der Waals surface area contributed by atoms with Gasteiger partial charge in [-0.15, -0.1) is 0 Å². The van der Waals surface area contributed by atoms with Crippen LogP contribution in [-0.4, -0.2) is 25.0 Å². The molecule has 3 rings (SSSR count). The summed E-state index contributed by atoms with van der Waals surface area (Å²) < 4.78 is 10.5. The minimum absolute atomic E-state index is 0.0113. The van der Waals surface area contributed by atoms with Crippen molar-refractivity contribution in [2.24, 2.45) is 4.99 Å². The van der Waals surface area contributed by atoms with Crippen LogP contribution >= 0.6 is 0 Å². The summed E-state index contributed by atoms with van der Waals surface area (Å²) in [5, 5.41) is 10.0. The van der Waals surface area contributed by atoms with Crippen molar-refractivity contribution in [2.45, 2.75) is 20.3 Å². The number of hydrogen-bond donors (Lipinski definition) is 1. The molecule has 0 unspecified atom stereocenters. The van der Waals surface area contributed by atoms with E-state index in [2.05, 4.69) is 26.0 Å². The zero-order chi connectivity index (χ0) is 15.9. The highest BCUT2D eigenvalue weighted by atomic mass is 16.5. The van der Waals surface area contributed by atoms with E-state index in [9.17, 15) is 5.11 Å². The van der Waals surface area contributed by atoms with Gasteiger partial charge in [-0.2, -0.15) is 0 Å². The van der Waals surface area contributed by atoms with Crippen LogP contribution in [0.5, 0.6) is 17.2 Å². The molecule has 1 aliphatic rings. The number of phenols is 1. The average Bonchev–Trinajstić information content (AvgIpc) is 2.98. The van der Waals surface area contributed by atoms with Gasteiger partial charge in [0.15, 0.2) is 11.5 Å². The molecule has 22 heavy (non-hydrogen) atoms. The molecule has 0 saturated heterocycles. The lowest BCUT2D eigenvalue weighted by Crippen LogP contribution is -2.03. The maximum absolute atomic E-state index is 10.0. The first kappa shape index (κ1) is 14.4. The van der Waals surface area contributed by atoms with Gasteiger partial charge in [0.2, 0.25) is 5.75 Å². The van der Waals surface area contributed by atoms with E-state index in [1.165, 1.54) is 30.9 Å². The molecular weight excluding hydrogens is 278 g/mol. The second kappa shape index (κ2) is 5.37. The highest BCUT2D eigenvalue weighted by Crippen LogP contribution is 2.40. The monoisotopic (exact) mass is 297 g/mol. The minimum Gasteiger partial charge on any atom is -0.502 e. The molecule has 4 nitrogen and oxygen atoms in total. The average molecular weight is 297 g/mol. The van der Waals surface area contributed by atoms with Crippen LogP contribution in [0.3, 0.4) is 0 Å². The van der Waals surface area contributed by atoms with Gasteiger partial charge in [0, 0.05) is 12.0 Å². The van der Waals surface area contributed by atoms with Crippen LogP contribution in [0, 0.1) is 13.8 Å². The number of benzene rings is 2. The number of phenolic OH excluding ortho intramolecular Hbond substituents is 1. The lowest BCUT2D eigenvalue weighted by molar-refractivity contribution is 0.340. The number of aromatic hydroxyl groups is 1. The van der Waals surface area contributed by atoms with E-state index in [1.54, 1.807) is 12.1 Å². The first-order chi connectivity index (χ1) is 10.5. The molecule has 0 spiro atoms. The molecule has 0 saturated carbocycles. The lowest BCUT2D eigenvalue weighted by atomic mass is 9.98. The number of ether oxygens (including phenoxy) is 2. The second-order valence-electron chi connectivity index (χ2n) is 5.49. The largest absolute Gasteiger partial charge is 0.502 e. The predicted octanol–water partition coefficient (Wildman–Crippen LogP) is 3.70. The van der Waals surface area contributed by atoms with E-state index in [0.29, 0.717) is 11.5 Å². The third kappa shape index (κ3) is 2.21. The highest BCUT2D eigenvalue weighted by Gasteiger charge is 2.22. The molecule has 0 radical (unpaired) electrons. The fraction of sp³-hybridized carbons (Fsp3) is 0.278. The van der Waals surface area contributed by atoms with E-state index >= 15 is 0 Å². The maximum Gasteiger partial charge on any atom is 0.200 e. The molecule has 1 aliphatic heterocycles. The Kier molecular flexibility index (Phi) is 3.53. The van der Waals surface area contributed by atoms with Crippen LogP contribution in [0.25, 0.3) is 0 Å². The van der Waals surface area contributed by atoms with Gasteiger partial charge < -0.3 is 14.6 Å². The van der Waals surface area contributed by atoms with Crippen molar-refractivity contribution in [3.8, 4) is 17.2 Å². The normalized spacial score (nSPS) is 12.8. The third-order valence-corrected chi connectivity index (χ3v) is 4.12. The number of nitrogens with zero attached hydrogens (tertiary/aromatic N) is 1. The van der Waals surface area contributed by atoms with Gasteiger partial charge in [0.25, 0.3) is 0 Å². The van der Waals surface area contributed by atoms with Crippen molar-refractivity contribution in [2.75, 3.05) is 14.2 Å². The number of rotatable bonds is 3. The Bertz CT molecular complexity index is 753. The van der Waals surface area contributed by atoms with Gasteiger partial charge in [0.1, 0.15) is 0 Å². The smallest absolute Gasteiger partial charge is 0.200 e. The molecule has 2 aromatic rings. The number of hydrogen-bond acceptors (Lipinski definition) is 4. The summed E-state index contributed by atoms with van der Waals surface area (Å²) in [4.78, 5) is 4.79. The first-order valence-electron chi connectivity index (χ1n) is 7.17. The van der Waals surface area contributed by atoms with Crippen LogP contribution < -0.4 is 9.47 Å². The second-order valence-corrected chi connectivity index (χ2v) is 5.49. The van der Waals surface area contributed by atoms with Crippen molar-refractivity contribution in [1.82, 2.24) is 0 Å². The number of aliphatic imine (C=N–C) groups is 1. The molecule has 4 heteroatoms. The molecular formula is C18H19NO3. The number of aryl methyl sites for hydroxylation is 2. The first-order valence-corrected chi connectivity index (χ1v) is 7.17. The summed E-state index contributed by atoms with van der Waals surface area (Å²) >= 11 is 0. The van der Waals surface area contributed by atoms with Gasteiger partial charge in [-0.1, -0.05) is 12.1 Å². The van der Waals surface area contributed by atoms with Crippen molar-refractivity contribution < 1.29 is 14.6 Å². The van der Waals surface area contributed by atoms with Crippen LogP contribution in [-0.2, 0) is 6.42 Å². The predicted molar refractivity (Wildman–Crippen MR) is 87.0 cm³/mol. The molecule has 114 valence electrons. The Hall–Kier alpha value is -2.49. The molecule has 0 atom stereocenters. The van der Waals surface area contributed by atoms with E-state index in [-0.39, 0.29) is 5.75 Å².